The standard InChI is InChI=1S/C12H20N4O/c1-4-12(17)14-11-9-13-16(10-11)8-7-15(5-2)6-3/h4,9-10H,1,5-8H2,2-3H3,(H,14,17). The van der Waals surface area contributed by atoms with Crippen LogP contribution >= 0.6 is 0 Å². The molecule has 0 unspecified atom stereocenters. The van der Waals surface area contributed by atoms with Crippen molar-refractivity contribution in [1.29, 1.82) is 0 Å². The number of hydrogen-bond donors (Lipinski definition) is 1. The highest BCUT2D eigenvalue weighted by molar-refractivity contribution is 5.98. The largest absolute Gasteiger partial charge is 0.320 e. The highest BCUT2D eigenvalue weighted by atomic mass is 16.1. The molecule has 0 aliphatic rings. The van der Waals surface area contributed by atoms with E-state index in [2.05, 4.69) is 35.7 Å². The third-order valence-corrected chi connectivity index (χ3v) is 2.63. The number of carbonyl (C=O) groups is 1. The summed E-state index contributed by atoms with van der Waals surface area (Å²) in [6.45, 7) is 11.5. The molecule has 0 aliphatic heterocycles. The summed E-state index contributed by atoms with van der Waals surface area (Å²) < 4.78 is 1.83. The van der Waals surface area contributed by atoms with E-state index in [4.69, 9.17) is 0 Å². The van der Waals surface area contributed by atoms with Gasteiger partial charge in [-0.2, -0.15) is 5.10 Å². The first-order chi connectivity index (χ1) is 8.19. The van der Waals surface area contributed by atoms with Crippen LogP contribution in [0.4, 0.5) is 5.69 Å². The summed E-state index contributed by atoms with van der Waals surface area (Å²) in [5.74, 6) is -0.215. The fourth-order valence-corrected chi connectivity index (χ4v) is 1.53. The van der Waals surface area contributed by atoms with Crippen molar-refractivity contribution in [3.8, 4) is 0 Å². The predicted octanol–water partition coefficient (Wildman–Crippen LogP) is 1.35. The van der Waals surface area contributed by atoms with E-state index in [0.29, 0.717) is 5.69 Å². The van der Waals surface area contributed by atoms with E-state index in [1.807, 2.05) is 10.9 Å². The number of likely N-dealkylation sites (N-methyl/N-ethyl adjacent to an activating group) is 1. The molecule has 1 N–H and O–H groups in total. The minimum Gasteiger partial charge on any atom is -0.320 e. The van der Waals surface area contributed by atoms with Crippen LogP contribution in [0.3, 0.4) is 0 Å². The van der Waals surface area contributed by atoms with E-state index in [-0.39, 0.29) is 5.91 Å². The molecule has 1 heterocycles. The summed E-state index contributed by atoms with van der Waals surface area (Å²) in [7, 11) is 0. The van der Waals surface area contributed by atoms with Crippen LogP contribution in [0, 0.1) is 0 Å². The van der Waals surface area contributed by atoms with Gasteiger partial charge in [0, 0.05) is 12.7 Å². The van der Waals surface area contributed by atoms with Gasteiger partial charge in [0.1, 0.15) is 0 Å². The lowest BCUT2D eigenvalue weighted by molar-refractivity contribution is -0.111. The summed E-state index contributed by atoms with van der Waals surface area (Å²) in [6.07, 6.45) is 4.71. The first kappa shape index (κ1) is 13.4. The van der Waals surface area contributed by atoms with E-state index in [1.165, 1.54) is 6.08 Å². The van der Waals surface area contributed by atoms with Gasteiger partial charge in [-0.25, -0.2) is 0 Å². The Morgan fingerprint density at radius 2 is 2.29 bits per heavy atom. The Hall–Kier alpha value is -1.62. The molecule has 0 saturated carbocycles. The van der Waals surface area contributed by atoms with Crippen molar-refractivity contribution in [2.24, 2.45) is 0 Å². The Kier molecular flexibility index (Phi) is 5.42. The second-order valence-corrected chi connectivity index (χ2v) is 3.71. The molecule has 1 amide bonds. The average molecular weight is 236 g/mol. The first-order valence-electron chi connectivity index (χ1n) is 5.87. The molecule has 0 spiro atoms. The Morgan fingerprint density at radius 1 is 1.59 bits per heavy atom. The van der Waals surface area contributed by atoms with Crippen LogP contribution in [0.25, 0.3) is 0 Å². The molecule has 0 fully saturated rings. The second-order valence-electron chi connectivity index (χ2n) is 3.71. The summed E-state index contributed by atoms with van der Waals surface area (Å²) in [5.41, 5.74) is 0.703. The van der Waals surface area contributed by atoms with Crippen molar-refractivity contribution < 1.29 is 4.79 Å². The molecule has 1 rings (SSSR count). The van der Waals surface area contributed by atoms with E-state index in [9.17, 15) is 4.79 Å². The molecule has 0 aromatic carbocycles. The minimum atomic E-state index is -0.215. The van der Waals surface area contributed by atoms with Crippen LogP contribution in [0.5, 0.6) is 0 Å². The Balaban J connectivity index is 2.45. The summed E-state index contributed by atoms with van der Waals surface area (Å²) in [5, 5.41) is 6.86. The van der Waals surface area contributed by atoms with Crippen molar-refractivity contribution in [1.82, 2.24) is 14.7 Å². The van der Waals surface area contributed by atoms with Crippen molar-refractivity contribution in [3.05, 3.63) is 25.0 Å². The highest BCUT2D eigenvalue weighted by Gasteiger charge is 2.03. The van der Waals surface area contributed by atoms with Crippen LogP contribution in [-0.4, -0.2) is 40.2 Å². The van der Waals surface area contributed by atoms with Crippen molar-refractivity contribution in [3.63, 3.8) is 0 Å². The van der Waals surface area contributed by atoms with E-state index < -0.39 is 0 Å². The van der Waals surface area contributed by atoms with Gasteiger partial charge in [0.15, 0.2) is 0 Å². The quantitative estimate of drug-likeness (QED) is 0.727. The van der Waals surface area contributed by atoms with Crippen molar-refractivity contribution in [2.75, 3.05) is 25.0 Å². The van der Waals surface area contributed by atoms with Gasteiger partial charge >= 0.3 is 0 Å². The lowest BCUT2D eigenvalue weighted by atomic mass is 10.4. The highest BCUT2D eigenvalue weighted by Crippen LogP contribution is 2.04. The zero-order chi connectivity index (χ0) is 12.7. The lowest BCUT2D eigenvalue weighted by Gasteiger charge is -2.17. The Morgan fingerprint density at radius 3 is 2.88 bits per heavy atom. The maximum Gasteiger partial charge on any atom is 0.247 e. The van der Waals surface area contributed by atoms with Gasteiger partial charge in [-0.05, 0) is 19.2 Å². The number of amides is 1. The molecular formula is C12H20N4O. The van der Waals surface area contributed by atoms with Gasteiger partial charge in [-0.3, -0.25) is 9.48 Å². The summed E-state index contributed by atoms with van der Waals surface area (Å²) >= 11 is 0. The summed E-state index contributed by atoms with van der Waals surface area (Å²) in [6, 6.07) is 0. The molecule has 0 bridgehead atoms. The molecule has 1 aromatic heterocycles. The Labute approximate surface area is 102 Å². The molecule has 0 atom stereocenters. The number of hydrogen-bond acceptors (Lipinski definition) is 3. The third-order valence-electron chi connectivity index (χ3n) is 2.63. The van der Waals surface area contributed by atoms with Gasteiger partial charge in [-0.1, -0.05) is 20.4 Å². The van der Waals surface area contributed by atoms with Crippen LogP contribution in [0.2, 0.25) is 0 Å². The van der Waals surface area contributed by atoms with Gasteiger partial charge < -0.3 is 10.2 Å². The van der Waals surface area contributed by atoms with Gasteiger partial charge in [0.2, 0.25) is 5.91 Å². The molecule has 0 aliphatic carbocycles. The zero-order valence-electron chi connectivity index (χ0n) is 10.5. The fourth-order valence-electron chi connectivity index (χ4n) is 1.53. The van der Waals surface area contributed by atoms with Crippen LogP contribution in [0.1, 0.15) is 13.8 Å². The van der Waals surface area contributed by atoms with Crippen LogP contribution in [0.15, 0.2) is 25.0 Å². The average Bonchev–Trinajstić information content (AvgIpc) is 2.78. The SMILES string of the molecule is C=CC(=O)Nc1cnn(CCN(CC)CC)c1. The maximum atomic E-state index is 11.1. The number of nitrogens with one attached hydrogen (secondary N) is 1. The molecule has 0 radical (unpaired) electrons. The number of nitrogens with zero attached hydrogens (tertiary/aromatic N) is 3. The van der Waals surface area contributed by atoms with Crippen molar-refractivity contribution >= 4 is 11.6 Å². The molecule has 17 heavy (non-hydrogen) atoms. The van der Waals surface area contributed by atoms with Gasteiger partial charge in [-0.15, -0.1) is 0 Å². The number of carbonyl (C=O) groups excluding carboxylic acids is 1. The first-order valence-corrected chi connectivity index (χ1v) is 5.87. The molecular weight excluding hydrogens is 216 g/mol. The number of aromatic nitrogens is 2. The second kappa shape index (κ2) is 6.85. The zero-order valence-corrected chi connectivity index (χ0v) is 10.5. The van der Waals surface area contributed by atoms with Crippen LogP contribution in [-0.2, 0) is 11.3 Å². The molecule has 0 saturated heterocycles. The van der Waals surface area contributed by atoms with Gasteiger partial charge in [0.05, 0.1) is 18.4 Å². The lowest BCUT2D eigenvalue weighted by Crippen LogP contribution is -2.27. The topological polar surface area (TPSA) is 50.2 Å². The van der Waals surface area contributed by atoms with E-state index >= 15 is 0 Å². The van der Waals surface area contributed by atoms with E-state index in [0.717, 1.165) is 26.2 Å². The molecule has 5 nitrogen and oxygen atoms in total. The van der Waals surface area contributed by atoms with E-state index in [1.54, 1.807) is 6.20 Å². The fraction of sp³-hybridized carbons (Fsp3) is 0.500. The minimum absolute atomic E-state index is 0.215. The maximum absolute atomic E-state index is 11.1. The number of rotatable bonds is 7. The smallest absolute Gasteiger partial charge is 0.247 e. The molecule has 5 heteroatoms. The normalized spacial score (nSPS) is 10.5. The van der Waals surface area contributed by atoms with Gasteiger partial charge in [0.25, 0.3) is 0 Å². The predicted molar refractivity (Wildman–Crippen MR) is 68.8 cm³/mol. The third kappa shape index (κ3) is 4.40. The molecule has 94 valence electrons. The van der Waals surface area contributed by atoms with Crippen LogP contribution < -0.4 is 5.32 Å². The Bertz CT molecular complexity index is 368. The molecule has 1 aromatic rings. The van der Waals surface area contributed by atoms with Crippen molar-refractivity contribution in [2.45, 2.75) is 20.4 Å². The summed E-state index contributed by atoms with van der Waals surface area (Å²) in [4.78, 5) is 13.4. The number of anilines is 1. The monoisotopic (exact) mass is 236 g/mol.